The topological polar surface area (TPSA) is 84.0 Å². The van der Waals surface area contributed by atoms with Gasteiger partial charge < -0.3 is 9.64 Å². The molecule has 2 fully saturated rings. The highest BCUT2D eigenvalue weighted by Gasteiger charge is 2.41. The summed E-state index contributed by atoms with van der Waals surface area (Å²) in [5, 5.41) is 0.467. The zero-order valence-electron chi connectivity index (χ0n) is 14.4. The van der Waals surface area contributed by atoms with Crippen LogP contribution in [0.4, 0.5) is 0 Å². The third kappa shape index (κ3) is 4.19. The average Bonchev–Trinajstić information content (AvgIpc) is 3.36. The molecule has 1 aromatic rings. The molecule has 26 heavy (non-hydrogen) atoms. The maximum Gasteiger partial charge on any atom is 0.309 e. The molecule has 1 saturated heterocycles. The largest absolute Gasteiger partial charge is 0.455 e. The summed E-state index contributed by atoms with van der Waals surface area (Å²) in [5.74, 6) is -0.367. The van der Waals surface area contributed by atoms with Gasteiger partial charge in [0.05, 0.1) is 10.8 Å². The molecule has 0 unspecified atom stereocenters. The normalized spacial score (nSPS) is 23.5. The van der Waals surface area contributed by atoms with Gasteiger partial charge in [0.1, 0.15) is 0 Å². The van der Waals surface area contributed by atoms with Crippen LogP contribution in [-0.4, -0.2) is 62.3 Å². The number of amides is 1. The number of benzene rings is 1. The number of esters is 1. The van der Waals surface area contributed by atoms with Gasteiger partial charge in [-0.15, -0.1) is 0 Å². The lowest BCUT2D eigenvalue weighted by molar-refractivity contribution is -0.153. The molecule has 2 atom stereocenters. The molecule has 3 rings (SSSR count). The van der Waals surface area contributed by atoms with Crippen molar-refractivity contribution in [2.75, 3.05) is 32.8 Å². The molecule has 1 amide bonds. The fourth-order valence-electron chi connectivity index (χ4n) is 2.92. The second-order valence-corrected chi connectivity index (χ2v) is 9.04. The molecule has 7 nitrogen and oxygen atoms in total. The fourth-order valence-corrected chi connectivity index (χ4v) is 4.46. The number of sulfonamides is 1. The SMILES string of the molecule is C[C@H]1C[C@H]1C(=O)OCC(=O)N1CCN(S(=O)(=O)c2ccc(Cl)cc2)CC1. The van der Waals surface area contributed by atoms with E-state index in [1.807, 2.05) is 6.92 Å². The van der Waals surface area contributed by atoms with Crippen LogP contribution in [0.2, 0.25) is 5.02 Å². The Labute approximate surface area is 157 Å². The molecule has 0 aromatic heterocycles. The van der Waals surface area contributed by atoms with Gasteiger partial charge in [-0.25, -0.2) is 8.42 Å². The third-order valence-electron chi connectivity index (χ3n) is 4.79. The van der Waals surface area contributed by atoms with E-state index in [0.29, 0.717) is 10.9 Å². The third-order valence-corrected chi connectivity index (χ3v) is 6.96. The van der Waals surface area contributed by atoms with Crippen LogP contribution in [-0.2, 0) is 24.3 Å². The summed E-state index contributed by atoms with van der Waals surface area (Å²) in [6.45, 7) is 2.61. The summed E-state index contributed by atoms with van der Waals surface area (Å²) in [5.41, 5.74) is 0. The summed E-state index contributed by atoms with van der Waals surface area (Å²) in [4.78, 5) is 25.5. The monoisotopic (exact) mass is 400 g/mol. The number of hydrogen-bond donors (Lipinski definition) is 0. The van der Waals surface area contributed by atoms with Crippen molar-refractivity contribution in [3.63, 3.8) is 0 Å². The highest BCUT2D eigenvalue weighted by Crippen LogP contribution is 2.38. The molecule has 0 spiro atoms. The second kappa shape index (κ2) is 7.54. The first-order valence-corrected chi connectivity index (χ1v) is 10.3. The number of rotatable bonds is 5. The molecule has 1 heterocycles. The van der Waals surface area contributed by atoms with E-state index in [9.17, 15) is 18.0 Å². The lowest BCUT2D eigenvalue weighted by atomic mass is 10.3. The summed E-state index contributed by atoms with van der Waals surface area (Å²) in [6.07, 6.45) is 0.814. The first-order chi connectivity index (χ1) is 12.3. The smallest absolute Gasteiger partial charge is 0.309 e. The molecular weight excluding hydrogens is 380 g/mol. The number of carbonyl (C=O) groups excluding carboxylic acids is 2. The lowest BCUT2D eigenvalue weighted by Crippen LogP contribution is -2.51. The van der Waals surface area contributed by atoms with Crippen molar-refractivity contribution in [2.45, 2.75) is 18.2 Å². The van der Waals surface area contributed by atoms with Crippen LogP contribution >= 0.6 is 11.6 Å². The number of halogens is 1. The van der Waals surface area contributed by atoms with E-state index in [-0.39, 0.29) is 55.5 Å². The van der Waals surface area contributed by atoms with Crippen LogP contribution in [0.1, 0.15) is 13.3 Å². The van der Waals surface area contributed by atoms with Crippen molar-refractivity contribution in [2.24, 2.45) is 11.8 Å². The minimum atomic E-state index is -3.61. The van der Waals surface area contributed by atoms with E-state index in [1.54, 1.807) is 0 Å². The van der Waals surface area contributed by atoms with Crippen molar-refractivity contribution >= 4 is 33.5 Å². The van der Waals surface area contributed by atoms with Gasteiger partial charge >= 0.3 is 5.97 Å². The molecule has 1 aliphatic heterocycles. The Hall–Kier alpha value is -1.64. The number of carbonyl (C=O) groups is 2. The van der Waals surface area contributed by atoms with E-state index in [1.165, 1.54) is 33.5 Å². The minimum absolute atomic E-state index is 0.0795. The Morgan fingerprint density at radius 1 is 1.15 bits per heavy atom. The van der Waals surface area contributed by atoms with Gasteiger partial charge in [-0.3, -0.25) is 9.59 Å². The highest BCUT2D eigenvalue weighted by molar-refractivity contribution is 7.89. The second-order valence-electron chi connectivity index (χ2n) is 6.67. The molecule has 0 radical (unpaired) electrons. The standard InChI is InChI=1S/C17H21ClN2O5S/c1-12-10-15(12)17(22)25-11-16(21)19-6-8-20(9-7-19)26(23,24)14-4-2-13(18)3-5-14/h2-5,12,15H,6-11H2,1H3/t12-,15+/m0/s1. The van der Waals surface area contributed by atoms with Crippen molar-refractivity contribution < 1.29 is 22.7 Å². The predicted molar refractivity (Wildman–Crippen MR) is 95.0 cm³/mol. The molecule has 1 aromatic carbocycles. The Morgan fingerprint density at radius 2 is 1.73 bits per heavy atom. The van der Waals surface area contributed by atoms with Gasteiger partial charge in [0.15, 0.2) is 6.61 Å². The first-order valence-electron chi connectivity index (χ1n) is 8.49. The Bertz CT molecular complexity index is 788. The summed E-state index contributed by atoms with van der Waals surface area (Å²) in [6, 6.07) is 5.99. The quantitative estimate of drug-likeness (QED) is 0.697. The number of nitrogens with zero attached hydrogens (tertiary/aromatic N) is 2. The van der Waals surface area contributed by atoms with Crippen molar-refractivity contribution in [1.82, 2.24) is 9.21 Å². The maximum absolute atomic E-state index is 12.6. The first kappa shape index (κ1) is 19.1. The minimum Gasteiger partial charge on any atom is -0.455 e. The number of hydrogen-bond acceptors (Lipinski definition) is 5. The number of ether oxygens (including phenoxy) is 1. The lowest BCUT2D eigenvalue weighted by Gasteiger charge is -2.33. The number of piperazine rings is 1. The summed E-state index contributed by atoms with van der Waals surface area (Å²) in [7, 11) is -3.61. The van der Waals surface area contributed by atoms with E-state index in [2.05, 4.69) is 0 Å². The fraction of sp³-hybridized carbons (Fsp3) is 0.529. The Balaban J connectivity index is 1.51. The van der Waals surface area contributed by atoms with Gasteiger partial charge in [0, 0.05) is 31.2 Å². The molecular formula is C17H21ClN2O5S. The summed E-state index contributed by atoms with van der Waals surface area (Å²) < 4.78 is 31.6. The van der Waals surface area contributed by atoms with Gasteiger partial charge in [0.25, 0.3) is 5.91 Å². The van der Waals surface area contributed by atoms with Gasteiger partial charge in [-0.1, -0.05) is 18.5 Å². The molecule has 0 N–H and O–H groups in total. The summed E-state index contributed by atoms with van der Waals surface area (Å²) >= 11 is 5.80. The average molecular weight is 401 g/mol. The Kier molecular flexibility index (Phi) is 5.55. The van der Waals surface area contributed by atoms with Crippen LogP contribution in [0.25, 0.3) is 0 Å². The van der Waals surface area contributed by atoms with E-state index < -0.39 is 10.0 Å². The van der Waals surface area contributed by atoms with E-state index in [0.717, 1.165) is 6.42 Å². The van der Waals surface area contributed by atoms with E-state index >= 15 is 0 Å². The van der Waals surface area contributed by atoms with Crippen LogP contribution < -0.4 is 0 Å². The van der Waals surface area contributed by atoms with Crippen molar-refractivity contribution in [1.29, 1.82) is 0 Å². The molecule has 1 aliphatic carbocycles. The maximum atomic E-state index is 12.6. The van der Waals surface area contributed by atoms with Crippen LogP contribution in [0.5, 0.6) is 0 Å². The highest BCUT2D eigenvalue weighted by atomic mass is 35.5. The van der Waals surface area contributed by atoms with E-state index in [4.69, 9.17) is 16.3 Å². The molecule has 1 saturated carbocycles. The molecule has 2 aliphatic rings. The van der Waals surface area contributed by atoms with Crippen LogP contribution in [0.3, 0.4) is 0 Å². The van der Waals surface area contributed by atoms with Gasteiger partial charge in [0.2, 0.25) is 10.0 Å². The Morgan fingerprint density at radius 3 is 2.27 bits per heavy atom. The van der Waals surface area contributed by atoms with Crippen molar-refractivity contribution in [3.8, 4) is 0 Å². The zero-order chi connectivity index (χ0) is 18.9. The van der Waals surface area contributed by atoms with Crippen LogP contribution in [0, 0.1) is 11.8 Å². The predicted octanol–water partition coefficient (Wildman–Crippen LogP) is 1.37. The van der Waals surface area contributed by atoms with Crippen LogP contribution in [0.15, 0.2) is 29.2 Å². The molecule has 9 heteroatoms. The molecule has 142 valence electrons. The van der Waals surface area contributed by atoms with Gasteiger partial charge in [-0.2, -0.15) is 4.31 Å². The molecule has 0 bridgehead atoms. The zero-order valence-corrected chi connectivity index (χ0v) is 16.0. The van der Waals surface area contributed by atoms with Crippen molar-refractivity contribution in [3.05, 3.63) is 29.3 Å². The van der Waals surface area contributed by atoms with Gasteiger partial charge in [-0.05, 0) is 36.6 Å².